The number of dihydropyridines is 1. The van der Waals surface area contributed by atoms with E-state index in [2.05, 4.69) is 38.5 Å². The molecule has 2 amide bonds. The number of halogens is 1. The molecule has 3 N–H and O–H groups in total. The third-order valence-electron chi connectivity index (χ3n) is 5.80. The Kier molecular flexibility index (Phi) is 6.81. The fourth-order valence-electron chi connectivity index (χ4n) is 4.26. The van der Waals surface area contributed by atoms with Gasteiger partial charge in [-0.15, -0.1) is 0 Å². The smallest absolute Gasteiger partial charge is 0.254 e. The number of hydrogen-bond acceptors (Lipinski definition) is 5. The molecule has 0 radical (unpaired) electrons. The Labute approximate surface area is 226 Å². The molecule has 0 saturated heterocycles. The average molecular weight is 613 g/mol. The van der Waals surface area contributed by atoms with Crippen molar-refractivity contribution >= 4 is 74.7 Å². The van der Waals surface area contributed by atoms with Crippen LogP contribution in [0.5, 0.6) is 0 Å². The van der Waals surface area contributed by atoms with Crippen LogP contribution in [-0.4, -0.2) is 27.1 Å². The van der Waals surface area contributed by atoms with Crippen LogP contribution in [0.15, 0.2) is 94.8 Å². The number of para-hydroxylation sites is 1. The second-order valence-electron chi connectivity index (χ2n) is 8.11. The van der Waals surface area contributed by atoms with Crippen molar-refractivity contribution in [3.63, 3.8) is 0 Å². The third kappa shape index (κ3) is 4.80. The van der Waals surface area contributed by atoms with Gasteiger partial charge in [-0.1, -0.05) is 42.2 Å². The Morgan fingerprint density at radius 2 is 1.74 bits per heavy atom. The predicted molar refractivity (Wildman–Crippen MR) is 153 cm³/mol. The molecule has 0 saturated carbocycles. The summed E-state index contributed by atoms with van der Waals surface area (Å²) in [6.45, 7) is 1.89. The quantitative estimate of drug-likeness (QED) is 0.255. The van der Waals surface area contributed by atoms with Gasteiger partial charge in [0.15, 0.2) is 0 Å². The molecule has 0 fully saturated rings. The first kappa shape index (κ1) is 23.8. The van der Waals surface area contributed by atoms with Gasteiger partial charge in [-0.05, 0) is 78.0 Å². The number of thioether (sulfide) groups is 1. The third-order valence-corrected chi connectivity index (χ3v) is 7.96. The van der Waals surface area contributed by atoms with Crippen molar-refractivity contribution < 1.29 is 9.59 Å². The lowest BCUT2D eigenvalue weighted by Gasteiger charge is -2.28. The molecule has 35 heavy (non-hydrogen) atoms. The molecule has 1 atom stereocenters. The van der Waals surface area contributed by atoms with E-state index < -0.39 is 0 Å². The van der Waals surface area contributed by atoms with Gasteiger partial charge in [0.05, 0.1) is 16.7 Å². The molecular weight excluding hydrogens is 591 g/mol. The standard InChI is InChI=1S/C26H21IN4O2S2/c1-15-21(24(33)30-17-6-3-2-4-7-17)22-19-8-5-13-31(19)26(34)23(22)25(28-15)35-14-20(32)29-18-11-9-16(27)10-12-18/h2-13,22,28H,14H2,1H3,(H,29,32)(H,30,33). The first-order valence-electron chi connectivity index (χ1n) is 10.9. The van der Waals surface area contributed by atoms with Crippen LogP contribution in [0.2, 0.25) is 0 Å². The molecular formula is C26H21IN4O2S2. The van der Waals surface area contributed by atoms with Crippen LogP contribution in [0.3, 0.4) is 0 Å². The number of carbonyl (C=O) groups excluding carboxylic acids is 2. The fourth-order valence-corrected chi connectivity index (χ4v) is 6.01. The molecule has 2 aromatic carbocycles. The number of thiocarbonyl (C=S) groups is 1. The number of rotatable bonds is 6. The number of amides is 2. The first-order valence-corrected chi connectivity index (χ1v) is 13.4. The summed E-state index contributed by atoms with van der Waals surface area (Å²) in [6, 6.07) is 21.0. The maximum atomic E-state index is 13.4. The Morgan fingerprint density at radius 1 is 1.03 bits per heavy atom. The van der Waals surface area contributed by atoms with Gasteiger partial charge in [0.25, 0.3) is 5.91 Å². The molecule has 2 aliphatic heterocycles. The van der Waals surface area contributed by atoms with Gasteiger partial charge in [-0.2, -0.15) is 0 Å². The lowest BCUT2D eigenvalue weighted by atomic mass is 9.86. The molecule has 0 bridgehead atoms. The van der Waals surface area contributed by atoms with E-state index in [1.807, 2.05) is 84.4 Å². The normalized spacial score (nSPS) is 16.5. The zero-order valence-electron chi connectivity index (χ0n) is 18.7. The molecule has 1 aromatic heterocycles. The van der Waals surface area contributed by atoms with Crippen LogP contribution in [0.1, 0.15) is 18.5 Å². The number of allylic oxidation sites excluding steroid dienone is 2. The van der Waals surface area contributed by atoms with Crippen LogP contribution in [0, 0.1) is 3.57 Å². The van der Waals surface area contributed by atoms with Gasteiger partial charge < -0.3 is 20.5 Å². The molecule has 2 aliphatic rings. The van der Waals surface area contributed by atoms with Gasteiger partial charge in [0, 0.05) is 43.7 Å². The average Bonchev–Trinajstić information content (AvgIpc) is 3.43. The topological polar surface area (TPSA) is 75.2 Å². The number of hydrogen-bond donors (Lipinski definition) is 3. The summed E-state index contributed by atoms with van der Waals surface area (Å²) >= 11 is 9.42. The first-order chi connectivity index (χ1) is 16.9. The van der Waals surface area contributed by atoms with Crippen LogP contribution < -0.4 is 16.0 Å². The van der Waals surface area contributed by atoms with E-state index in [0.29, 0.717) is 10.6 Å². The molecule has 176 valence electrons. The largest absolute Gasteiger partial charge is 0.353 e. The minimum atomic E-state index is -0.302. The molecule has 3 aromatic rings. The monoisotopic (exact) mass is 612 g/mol. The van der Waals surface area contributed by atoms with Crippen LogP contribution in [0.25, 0.3) is 0 Å². The Bertz CT molecular complexity index is 1390. The minimum absolute atomic E-state index is 0.111. The molecule has 0 aliphatic carbocycles. The zero-order valence-corrected chi connectivity index (χ0v) is 22.5. The highest BCUT2D eigenvalue weighted by molar-refractivity contribution is 14.1. The summed E-state index contributed by atoms with van der Waals surface area (Å²) in [5, 5.41) is 10.1. The highest BCUT2D eigenvalue weighted by Crippen LogP contribution is 2.46. The highest BCUT2D eigenvalue weighted by Gasteiger charge is 2.42. The van der Waals surface area contributed by atoms with Crippen LogP contribution in [-0.2, 0) is 9.59 Å². The van der Waals surface area contributed by atoms with E-state index in [1.165, 1.54) is 11.8 Å². The SMILES string of the molecule is CC1=C(C(=O)Nc2ccccc2)C2C(=C(SCC(=O)Nc3ccc(I)cc3)N1)C(=S)n1cccc12. The zero-order chi connectivity index (χ0) is 24.5. The number of anilines is 2. The van der Waals surface area contributed by atoms with Gasteiger partial charge in [-0.25, -0.2) is 0 Å². The van der Waals surface area contributed by atoms with Crippen molar-refractivity contribution in [1.29, 1.82) is 0 Å². The van der Waals surface area contributed by atoms with Gasteiger partial charge in [-0.3, -0.25) is 9.59 Å². The summed E-state index contributed by atoms with van der Waals surface area (Å²) in [4.78, 5) is 26.7. The number of aromatic nitrogens is 1. The molecule has 0 spiro atoms. The maximum absolute atomic E-state index is 13.4. The van der Waals surface area contributed by atoms with E-state index in [4.69, 9.17) is 12.2 Å². The number of fused-ring (bicyclic) bond motifs is 3. The Balaban J connectivity index is 1.40. The van der Waals surface area contributed by atoms with Crippen LogP contribution in [0.4, 0.5) is 11.4 Å². The number of nitrogens with one attached hydrogen (secondary N) is 3. The van der Waals surface area contributed by atoms with E-state index in [9.17, 15) is 9.59 Å². The van der Waals surface area contributed by atoms with Crippen molar-refractivity contribution in [3.05, 3.63) is 104 Å². The van der Waals surface area contributed by atoms with Crippen molar-refractivity contribution in [2.24, 2.45) is 0 Å². The summed E-state index contributed by atoms with van der Waals surface area (Å²) in [6.07, 6.45) is 1.91. The minimum Gasteiger partial charge on any atom is -0.353 e. The lowest BCUT2D eigenvalue weighted by Crippen LogP contribution is -2.30. The van der Waals surface area contributed by atoms with Crippen molar-refractivity contribution in [2.45, 2.75) is 12.8 Å². The van der Waals surface area contributed by atoms with Crippen molar-refractivity contribution in [3.8, 4) is 0 Å². The van der Waals surface area contributed by atoms with Crippen LogP contribution >= 0.6 is 46.6 Å². The predicted octanol–water partition coefficient (Wildman–Crippen LogP) is 5.46. The summed E-state index contributed by atoms with van der Waals surface area (Å²) in [5.74, 6) is -0.382. The molecule has 5 rings (SSSR count). The Hall–Kier alpha value is -2.89. The van der Waals surface area contributed by atoms with E-state index in [0.717, 1.165) is 36.9 Å². The number of carbonyl (C=O) groups is 2. The second kappa shape index (κ2) is 10.00. The highest BCUT2D eigenvalue weighted by atomic mass is 127. The van der Waals surface area contributed by atoms with Crippen molar-refractivity contribution in [1.82, 2.24) is 9.88 Å². The molecule has 1 unspecified atom stereocenters. The van der Waals surface area contributed by atoms with E-state index in [1.54, 1.807) is 0 Å². The molecule has 3 heterocycles. The van der Waals surface area contributed by atoms with Crippen molar-refractivity contribution in [2.75, 3.05) is 16.4 Å². The van der Waals surface area contributed by atoms with E-state index in [-0.39, 0.29) is 23.5 Å². The maximum Gasteiger partial charge on any atom is 0.254 e. The molecule has 9 heteroatoms. The second-order valence-corrected chi connectivity index (χ2v) is 10.7. The summed E-state index contributed by atoms with van der Waals surface area (Å²) in [7, 11) is 0. The molecule has 6 nitrogen and oxygen atoms in total. The van der Waals surface area contributed by atoms with Gasteiger partial charge >= 0.3 is 0 Å². The fraction of sp³-hybridized carbons (Fsp3) is 0.115. The number of benzene rings is 2. The number of nitrogens with zero attached hydrogens (tertiary/aromatic N) is 1. The summed E-state index contributed by atoms with van der Waals surface area (Å²) < 4.78 is 3.05. The van der Waals surface area contributed by atoms with E-state index >= 15 is 0 Å². The van der Waals surface area contributed by atoms with Gasteiger partial charge in [0.1, 0.15) is 4.99 Å². The Morgan fingerprint density at radius 3 is 2.49 bits per heavy atom. The lowest BCUT2D eigenvalue weighted by molar-refractivity contribution is -0.114. The summed E-state index contributed by atoms with van der Waals surface area (Å²) in [5.41, 5.74) is 4.65. The van der Waals surface area contributed by atoms with Gasteiger partial charge in [0.2, 0.25) is 5.91 Å².